The average molecular weight is 379 g/mol. The molecule has 0 aliphatic rings. The number of sulfonamides is 1. The standard InChI is InChI=1S/C17H25N5O3S/c1-12(2)16-9-14(25-22-16)11-21-17(18-3)20-10-13-6-5-7-15(8-13)26(23,24)19-4/h5-9,12,19H,10-11H2,1-4H3,(H2,18,20,21). The van der Waals surface area contributed by atoms with Crippen LogP contribution in [0.2, 0.25) is 0 Å². The van der Waals surface area contributed by atoms with E-state index >= 15 is 0 Å². The number of aromatic nitrogens is 1. The van der Waals surface area contributed by atoms with Crippen LogP contribution in [0.5, 0.6) is 0 Å². The van der Waals surface area contributed by atoms with E-state index in [9.17, 15) is 8.42 Å². The monoisotopic (exact) mass is 379 g/mol. The van der Waals surface area contributed by atoms with Gasteiger partial charge in [-0.3, -0.25) is 4.99 Å². The lowest BCUT2D eigenvalue weighted by molar-refractivity contribution is 0.372. The van der Waals surface area contributed by atoms with Crippen LogP contribution in [0.25, 0.3) is 0 Å². The number of nitrogens with one attached hydrogen (secondary N) is 3. The fourth-order valence-electron chi connectivity index (χ4n) is 2.20. The number of hydrogen-bond acceptors (Lipinski definition) is 5. The average Bonchev–Trinajstić information content (AvgIpc) is 3.11. The van der Waals surface area contributed by atoms with Crippen molar-refractivity contribution >= 4 is 16.0 Å². The Kier molecular flexibility index (Phi) is 6.76. The summed E-state index contributed by atoms with van der Waals surface area (Å²) in [6.45, 7) is 4.99. The van der Waals surface area contributed by atoms with Crippen LogP contribution in [0, 0.1) is 0 Å². The molecule has 3 N–H and O–H groups in total. The summed E-state index contributed by atoms with van der Waals surface area (Å²) in [5.41, 5.74) is 1.73. The van der Waals surface area contributed by atoms with Gasteiger partial charge in [0, 0.05) is 19.7 Å². The van der Waals surface area contributed by atoms with E-state index in [0.29, 0.717) is 25.0 Å². The summed E-state index contributed by atoms with van der Waals surface area (Å²) in [7, 11) is -0.406. The number of rotatable bonds is 7. The van der Waals surface area contributed by atoms with Gasteiger partial charge in [-0.2, -0.15) is 0 Å². The molecule has 1 aromatic carbocycles. The summed E-state index contributed by atoms with van der Waals surface area (Å²) < 4.78 is 31.3. The van der Waals surface area contributed by atoms with Gasteiger partial charge in [-0.1, -0.05) is 31.1 Å². The first-order valence-corrected chi connectivity index (χ1v) is 9.76. The van der Waals surface area contributed by atoms with Crippen molar-refractivity contribution in [3.63, 3.8) is 0 Å². The zero-order valence-corrected chi connectivity index (χ0v) is 16.2. The number of benzene rings is 1. The fraction of sp³-hybridized carbons (Fsp3) is 0.412. The van der Waals surface area contributed by atoms with E-state index in [1.165, 1.54) is 7.05 Å². The maximum Gasteiger partial charge on any atom is 0.240 e. The first kappa shape index (κ1) is 19.9. The molecule has 142 valence electrons. The molecule has 0 spiro atoms. The van der Waals surface area contributed by atoms with Gasteiger partial charge >= 0.3 is 0 Å². The molecule has 0 atom stereocenters. The molecule has 1 aromatic heterocycles. The number of aliphatic imine (C=N–C) groups is 1. The Labute approximate surface area is 154 Å². The molecule has 0 bridgehead atoms. The van der Waals surface area contributed by atoms with Crippen molar-refractivity contribution in [3.05, 3.63) is 47.3 Å². The second-order valence-electron chi connectivity index (χ2n) is 6.01. The highest BCUT2D eigenvalue weighted by Crippen LogP contribution is 2.14. The second kappa shape index (κ2) is 8.81. The Hall–Kier alpha value is -2.39. The molecule has 26 heavy (non-hydrogen) atoms. The first-order valence-electron chi connectivity index (χ1n) is 8.28. The minimum absolute atomic E-state index is 0.227. The highest BCUT2D eigenvalue weighted by Gasteiger charge is 2.12. The van der Waals surface area contributed by atoms with Crippen molar-refractivity contribution in [3.8, 4) is 0 Å². The molecule has 0 amide bonds. The predicted molar refractivity (Wildman–Crippen MR) is 100 cm³/mol. The lowest BCUT2D eigenvalue weighted by atomic mass is 10.1. The Balaban J connectivity index is 1.93. The lowest BCUT2D eigenvalue weighted by Crippen LogP contribution is -2.36. The smallest absolute Gasteiger partial charge is 0.240 e. The number of nitrogens with zero attached hydrogens (tertiary/aromatic N) is 2. The van der Waals surface area contributed by atoms with Crippen molar-refractivity contribution < 1.29 is 12.9 Å². The van der Waals surface area contributed by atoms with E-state index in [2.05, 4.69) is 39.4 Å². The Morgan fingerprint density at radius 2 is 1.96 bits per heavy atom. The molecular weight excluding hydrogens is 354 g/mol. The van der Waals surface area contributed by atoms with Gasteiger partial charge in [0.2, 0.25) is 10.0 Å². The minimum atomic E-state index is -3.46. The van der Waals surface area contributed by atoms with Gasteiger partial charge in [0.25, 0.3) is 0 Å². The van der Waals surface area contributed by atoms with Gasteiger partial charge in [-0.15, -0.1) is 0 Å². The van der Waals surface area contributed by atoms with Crippen LogP contribution in [0.3, 0.4) is 0 Å². The summed E-state index contributed by atoms with van der Waals surface area (Å²) >= 11 is 0. The van der Waals surface area contributed by atoms with E-state index in [0.717, 1.165) is 17.0 Å². The van der Waals surface area contributed by atoms with Crippen molar-refractivity contribution in [2.75, 3.05) is 14.1 Å². The second-order valence-corrected chi connectivity index (χ2v) is 7.89. The van der Waals surface area contributed by atoms with Crippen LogP contribution in [-0.2, 0) is 23.1 Å². The summed E-state index contributed by atoms with van der Waals surface area (Å²) in [6, 6.07) is 8.65. The lowest BCUT2D eigenvalue weighted by Gasteiger charge is -2.11. The van der Waals surface area contributed by atoms with Crippen LogP contribution >= 0.6 is 0 Å². The Morgan fingerprint density at radius 3 is 2.58 bits per heavy atom. The zero-order valence-electron chi connectivity index (χ0n) is 15.4. The van der Waals surface area contributed by atoms with Gasteiger partial charge in [0.15, 0.2) is 11.7 Å². The SMILES string of the molecule is CN=C(NCc1cccc(S(=O)(=O)NC)c1)NCc1cc(C(C)C)no1. The van der Waals surface area contributed by atoms with Crippen molar-refractivity contribution in [1.82, 2.24) is 20.5 Å². The largest absolute Gasteiger partial charge is 0.359 e. The van der Waals surface area contributed by atoms with Gasteiger partial charge in [0.1, 0.15) is 0 Å². The van der Waals surface area contributed by atoms with Crippen LogP contribution in [-0.4, -0.2) is 33.6 Å². The van der Waals surface area contributed by atoms with Crippen LogP contribution < -0.4 is 15.4 Å². The summed E-state index contributed by atoms with van der Waals surface area (Å²) in [5.74, 6) is 1.61. The third-order valence-corrected chi connectivity index (χ3v) is 5.17. The first-order chi connectivity index (χ1) is 12.4. The Morgan fingerprint density at radius 1 is 1.23 bits per heavy atom. The van der Waals surface area contributed by atoms with Gasteiger partial charge in [-0.25, -0.2) is 13.1 Å². The summed E-state index contributed by atoms with van der Waals surface area (Å²) in [5, 5.41) is 10.3. The summed E-state index contributed by atoms with van der Waals surface area (Å²) in [6.07, 6.45) is 0. The van der Waals surface area contributed by atoms with Crippen molar-refractivity contribution in [2.24, 2.45) is 4.99 Å². The topological polar surface area (TPSA) is 109 Å². The zero-order chi connectivity index (χ0) is 19.2. The molecule has 1 heterocycles. The van der Waals surface area contributed by atoms with Crippen LogP contribution in [0.4, 0.5) is 0 Å². The van der Waals surface area contributed by atoms with E-state index in [1.54, 1.807) is 25.2 Å². The van der Waals surface area contributed by atoms with Crippen LogP contribution in [0.1, 0.15) is 36.8 Å². The van der Waals surface area contributed by atoms with Gasteiger partial charge < -0.3 is 15.2 Å². The van der Waals surface area contributed by atoms with E-state index < -0.39 is 10.0 Å². The number of guanidine groups is 1. The molecule has 0 unspecified atom stereocenters. The molecule has 0 saturated carbocycles. The molecule has 8 nitrogen and oxygen atoms in total. The quantitative estimate of drug-likeness (QED) is 0.498. The molecule has 2 aromatic rings. The van der Waals surface area contributed by atoms with Crippen molar-refractivity contribution in [1.29, 1.82) is 0 Å². The molecule has 2 rings (SSSR count). The maximum absolute atomic E-state index is 11.9. The van der Waals surface area contributed by atoms with E-state index in [1.807, 2.05) is 12.1 Å². The molecule has 0 saturated heterocycles. The van der Waals surface area contributed by atoms with E-state index in [4.69, 9.17) is 4.52 Å². The molecule has 0 radical (unpaired) electrons. The Bertz CT molecular complexity index is 859. The van der Waals surface area contributed by atoms with Gasteiger partial charge in [-0.05, 0) is 30.7 Å². The summed E-state index contributed by atoms with van der Waals surface area (Å²) in [4.78, 5) is 4.38. The van der Waals surface area contributed by atoms with E-state index in [-0.39, 0.29) is 4.90 Å². The molecule has 9 heteroatoms. The van der Waals surface area contributed by atoms with Crippen LogP contribution in [0.15, 0.2) is 44.7 Å². The molecular formula is C17H25N5O3S. The minimum Gasteiger partial charge on any atom is -0.359 e. The maximum atomic E-state index is 11.9. The highest BCUT2D eigenvalue weighted by atomic mass is 32.2. The normalized spacial score (nSPS) is 12.4. The predicted octanol–water partition coefficient (Wildman–Crippen LogP) is 1.57. The third kappa shape index (κ3) is 5.30. The number of hydrogen-bond donors (Lipinski definition) is 3. The molecule has 0 aliphatic heterocycles. The molecule has 0 aliphatic carbocycles. The molecule has 0 fully saturated rings. The van der Waals surface area contributed by atoms with Gasteiger partial charge in [0.05, 0.1) is 17.1 Å². The highest BCUT2D eigenvalue weighted by molar-refractivity contribution is 7.89. The van der Waals surface area contributed by atoms with Crippen molar-refractivity contribution in [2.45, 2.75) is 37.8 Å². The third-order valence-electron chi connectivity index (χ3n) is 3.76. The fourth-order valence-corrected chi connectivity index (χ4v) is 3.00.